The van der Waals surface area contributed by atoms with Crippen molar-refractivity contribution in [2.45, 2.75) is 45.6 Å². The van der Waals surface area contributed by atoms with E-state index in [0.717, 1.165) is 19.3 Å². The summed E-state index contributed by atoms with van der Waals surface area (Å²) in [5.74, 6) is 0.277. The third-order valence-corrected chi connectivity index (χ3v) is 4.05. The maximum Gasteiger partial charge on any atom is 0.410 e. The van der Waals surface area contributed by atoms with Crippen molar-refractivity contribution in [3.8, 4) is 0 Å². The van der Waals surface area contributed by atoms with Crippen LogP contribution in [0.3, 0.4) is 0 Å². The van der Waals surface area contributed by atoms with Gasteiger partial charge < -0.3 is 15.4 Å². The van der Waals surface area contributed by atoms with Crippen molar-refractivity contribution in [1.29, 1.82) is 0 Å². The summed E-state index contributed by atoms with van der Waals surface area (Å²) < 4.78 is 5.42. The molecule has 0 aromatic rings. The number of nitrogens with two attached hydrogens (primary N) is 1. The van der Waals surface area contributed by atoms with E-state index in [9.17, 15) is 9.59 Å². The van der Waals surface area contributed by atoms with Gasteiger partial charge in [0.05, 0.1) is 0 Å². The van der Waals surface area contributed by atoms with Gasteiger partial charge in [0.25, 0.3) is 0 Å². The zero-order chi connectivity index (χ0) is 14.2. The number of hydrogen-bond acceptors (Lipinski definition) is 3. The van der Waals surface area contributed by atoms with Crippen LogP contribution >= 0.6 is 0 Å². The van der Waals surface area contributed by atoms with E-state index in [1.54, 1.807) is 4.90 Å². The second kappa shape index (κ2) is 5.02. The highest BCUT2D eigenvalue weighted by atomic mass is 16.6. The molecule has 0 spiro atoms. The molecule has 0 aromatic carbocycles. The summed E-state index contributed by atoms with van der Waals surface area (Å²) >= 11 is 0. The topological polar surface area (TPSA) is 72.6 Å². The molecule has 3 aliphatic rings. The Bertz CT molecular complexity index is 375. The monoisotopic (exact) mass is 268 g/mol. The maximum absolute atomic E-state index is 12.1. The molecule has 0 aromatic heterocycles. The first kappa shape index (κ1) is 14.2. The predicted octanol–water partition coefficient (Wildman–Crippen LogP) is 1.75. The molecule has 3 atom stereocenters. The van der Waals surface area contributed by atoms with Gasteiger partial charge in [0, 0.05) is 19.0 Å². The van der Waals surface area contributed by atoms with E-state index in [1.165, 1.54) is 0 Å². The van der Waals surface area contributed by atoms with Crippen LogP contribution in [0.1, 0.15) is 40.0 Å². The van der Waals surface area contributed by atoms with Crippen LogP contribution in [0.15, 0.2) is 0 Å². The molecule has 2 saturated heterocycles. The Labute approximate surface area is 114 Å². The van der Waals surface area contributed by atoms with Gasteiger partial charge in [0.15, 0.2) is 0 Å². The molecule has 3 unspecified atom stereocenters. The Morgan fingerprint density at radius 2 is 1.89 bits per heavy atom. The normalized spacial score (nSPS) is 30.9. The van der Waals surface area contributed by atoms with Crippen molar-refractivity contribution < 1.29 is 14.3 Å². The molecule has 5 heteroatoms. The molecular formula is C14H24N2O3. The number of fused-ring (bicyclic) bond motifs is 4. The van der Waals surface area contributed by atoms with Crippen LogP contribution < -0.4 is 5.73 Å². The lowest BCUT2D eigenvalue weighted by atomic mass is 9.75. The number of hydrogen-bond donors (Lipinski definition) is 1. The third kappa shape index (κ3) is 3.39. The fourth-order valence-corrected chi connectivity index (χ4v) is 3.20. The molecule has 2 heterocycles. The predicted molar refractivity (Wildman–Crippen MR) is 71.3 cm³/mol. The minimum atomic E-state index is -0.481. The molecule has 108 valence electrons. The number of nitrogens with zero attached hydrogens (tertiary/aromatic N) is 1. The van der Waals surface area contributed by atoms with E-state index >= 15 is 0 Å². The quantitative estimate of drug-likeness (QED) is 0.787. The van der Waals surface area contributed by atoms with Crippen LogP contribution in [0.25, 0.3) is 0 Å². The summed E-state index contributed by atoms with van der Waals surface area (Å²) in [7, 11) is 0. The lowest BCUT2D eigenvalue weighted by Gasteiger charge is -2.29. The van der Waals surface area contributed by atoms with Crippen molar-refractivity contribution in [3.05, 3.63) is 0 Å². The van der Waals surface area contributed by atoms with Crippen molar-refractivity contribution in [2.24, 2.45) is 23.5 Å². The van der Waals surface area contributed by atoms with Gasteiger partial charge in [-0.1, -0.05) is 0 Å². The van der Waals surface area contributed by atoms with Gasteiger partial charge in [-0.3, -0.25) is 4.79 Å². The van der Waals surface area contributed by atoms with Gasteiger partial charge in [0.2, 0.25) is 5.91 Å². The number of primary amides is 1. The molecular weight excluding hydrogens is 244 g/mol. The van der Waals surface area contributed by atoms with Gasteiger partial charge in [-0.15, -0.1) is 0 Å². The van der Waals surface area contributed by atoms with Crippen molar-refractivity contribution in [2.75, 3.05) is 13.1 Å². The Morgan fingerprint density at radius 3 is 2.47 bits per heavy atom. The Morgan fingerprint density at radius 1 is 1.21 bits per heavy atom. The van der Waals surface area contributed by atoms with Gasteiger partial charge >= 0.3 is 6.09 Å². The molecule has 2 bridgehead atoms. The lowest BCUT2D eigenvalue weighted by molar-refractivity contribution is -0.124. The fraction of sp³-hybridized carbons (Fsp3) is 0.857. The highest BCUT2D eigenvalue weighted by molar-refractivity contribution is 5.77. The van der Waals surface area contributed by atoms with Crippen LogP contribution in [0, 0.1) is 17.8 Å². The Balaban J connectivity index is 2.06. The average Bonchev–Trinajstić information content (AvgIpc) is 2.57. The molecule has 2 N–H and O–H groups in total. The molecule has 3 rings (SSSR count). The lowest BCUT2D eigenvalue weighted by Crippen LogP contribution is -2.40. The molecule has 5 nitrogen and oxygen atoms in total. The zero-order valence-electron chi connectivity index (χ0n) is 12.0. The van der Waals surface area contributed by atoms with Crippen molar-refractivity contribution in [1.82, 2.24) is 4.90 Å². The number of rotatable bonds is 1. The Hall–Kier alpha value is -1.26. The molecule has 1 saturated carbocycles. The van der Waals surface area contributed by atoms with E-state index in [-0.39, 0.29) is 23.8 Å². The molecule has 2 aliphatic heterocycles. The second-order valence-electron chi connectivity index (χ2n) is 6.83. The largest absolute Gasteiger partial charge is 0.444 e. The summed E-state index contributed by atoms with van der Waals surface area (Å²) in [5.41, 5.74) is 4.99. The van der Waals surface area contributed by atoms with Gasteiger partial charge in [-0.25, -0.2) is 4.79 Å². The van der Waals surface area contributed by atoms with E-state index < -0.39 is 5.60 Å². The molecule has 0 radical (unpaired) electrons. The SMILES string of the molecule is CC(C)(C)OC(=O)N1CC2CCC(C1)C(C(N)=O)C2. The third-order valence-electron chi connectivity index (χ3n) is 4.05. The van der Waals surface area contributed by atoms with Gasteiger partial charge in [-0.2, -0.15) is 0 Å². The molecule has 2 amide bonds. The summed E-state index contributed by atoms with van der Waals surface area (Å²) in [5, 5.41) is 0. The molecule has 1 aliphatic carbocycles. The van der Waals surface area contributed by atoms with Crippen LogP contribution in [-0.4, -0.2) is 35.6 Å². The highest BCUT2D eigenvalue weighted by Gasteiger charge is 2.41. The summed E-state index contributed by atoms with van der Waals surface area (Å²) in [4.78, 5) is 25.4. The standard InChI is InChI=1S/C14H24N2O3/c1-14(2,3)19-13(18)16-7-9-4-5-10(8-16)11(6-9)12(15)17/h9-11H,4-8H2,1-3H3,(H2,15,17). The van der Waals surface area contributed by atoms with Gasteiger partial charge in [0.1, 0.15) is 5.60 Å². The first-order chi connectivity index (χ1) is 8.76. The number of ether oxygens (including phenoxy) is 1. The van der Waals surface area contributed by atoms with E-state index in [1.807, 2.05) is 20.8 Å². The van der Waals surface area contributed by atoms with Crippen LogP contribution in [0.4, 0.5) is 4.79 Å². The zero-order valence-corrected chi connectivity index (χ0v) is 12.0. The molecule has 19 heavy (non-hydrogen) atoms. The number of amides is 2. The van der Waals surface area contributed by atoms with Crippen molar-refractivity contribution >= 4 is 12.0 Å². The van der Waals surface area contributed by atoms with Crippen LogP contribution in [0.2, 0.25) is 0 Å². The number of carbonyl (C=O) groups excluding carboxylic acids is 2. The van der Waals surface area contributed by atoms with E-state index in [2.05, 4.69) is 0 Å². The average molecular weight is 268 g/mol. The number of carbonyl (C=O) groups is 2. The van der Waals surface area contributed by atoms with Gasteiger partial charge in [-0.05, 0) is 51.9 Å². The summed E-state index contributed by atoms with van der Waals surface area (Å²) in [6, 6.07) is 0. The summed E-state index contributed by atoms with van der Waals surface area (Å²) in [6.07, 6.45) is 2.61. The minimum Gasteiger partial charge on any atom is -0.444 e. The smallest absolute Gasteiger partial charge is 0.410 e. The van der Waals surface area contributed by atoms with E-state index in [4.69, 9.17) is 10.5 Å². The van der Waals surface area contributed by atoms with Crippen LogP contribution in [0.5, 0.6) is 0 Å². The van der Waals surface area contributed by atoms with Crippen LogP contribution in [-0.2, 0) is 9.53 Å². The Kier molecular flexibility index (Phi) is 3.74. The fourth-order valence-electron chi connectivity index (χ4n) is 3.20. The summed E-state index contributed by atoms with van der Waals surface area (Å²) in [6.45, 7) is 6.88. The van der Waals surface area contributed by atoms with Crippen molar-refractivity contribution in [3.63, 3.8) is 0 Å². The first-order valence-electron chi connectivity index (χ1n) is 7.03. The highest BCUT2D eigenvalue weighted by Crippen LogP contribution is 2.38. The van der Waals surface area contributed by atoms with E-state index in [0.29, 0.717) is 19.0 Å². The minimum absolute atomic E-state index is 0.0776. The maximum atomic E-state index is 12.1. The first-order valence-corrected chi connectivity index (χ1v) is 7.03. The molecule has 3 fully saturated rings. The second-order valence-corrected chi connectivity index (χ2v) is 6.83.